The average molecular weight is 534 g/mol. The van der Waals surface area contributed by atoms with Gasteiger partial charge in [-0.05, 0) is 63.3 Å². The quantitative estimate of drug-likeness (QED) is 0.154. The number of aliphatic hydroxyl groups is 1. The van der Waals surface area contributed by atoms with Crippen LogP contribution in [0.1, 0.15) is 66.2 Å². The molecule has 0 saturated heterocycles. The number of amides is 4. The molecule has 1 aromatic rings. The van der Waals surface area contributed by atoms with Crippen LogP contribution in [0.15, 0.2) is 36.4 Å². The van der Waals surface area contributed by atoms with Crippen molar-refractivity contribution in [2.24, 2.45) is 5.92 Å². The number of benzene rings is 1. The van der Waals surface area contributed by atoms with E-state index in [9.17, 15) is 24.3 Å². The van der Waals surface area contributed by atoms with Gasteiger partial charge in [-0.2, -0.15) is 0 Å². The second-order valence-electron chi connectivity index (χ2n) is 10.1. The fraction of sp³-hybridized carbons (Fsp3) is 0.571. The summed E-state index contributed by atoms with van der Waals surface area (Å²) >= 11 is 0. The van der Waals surface area contributed by atoms with Crippen molar-refractivity contribution >= 4 is 29.3 Å². The Morgan fingerprint density at radius 1 is 1.00 bits per heavy atom. The second kappa shape index (κ2) is 17.3. The van der Waals surface area contributed by atoms with Gasteiger partial charge in [-0.1, -0.05) is 20.3 Å². The summed E-state index contributed by atoms with van der Waals surface area (Å²) in [6.45, 7) is 9.43. The number of carbonyl (C=O) groups is 4. The number of rotatable bonds is 15. The van der Waals surface area contributed by atoms with Crippen LogP contribution in [0.25, 0.3) is 0 Å². The van der Waals surface area contributed by atoms with Crippen molar-refractivity contribution in [3.8, 4) is 5.75 Å². The van der Waals surface area contributed by atoms with E-state index in [1.165, 1.54) is 17.1 Å². The van der Waals surface area contributed by atoms with E-state index in [2.05, 4.69) is 24.5 Å². The smallest absolute Gasteiger partial charge is 0.253 e. The minimum atomic E-state index is -0.476. The normalized spacial score (nSPS) is 12.9. The number of phenolic OH excluding ortho intramolecular Hbond substituents is 1. The number of hydrogen-bond donors (Lipinski definition) is 4. The van der Waals surface area contributed by atoms with E-state index in [4.69, 9.17) is 9.84 Å². The monoisotopic (exact) mass is 533 g/mol. The Bertz CT molecular complexity index is 909. The molecule has 4 N–H and O–H groups in total. The summed E-state index contributed by atoms with van der Waals surface area (Å²) in [5, 5.41) is 23.0. The van der Waals surface area contributed by atoms with Gasteiger partial charge in [0.1, 0.15) is 5.75 Å². The van der Waals surface area contributed by atoms with E-state index in [-0.39, 0.29) is 42.5 Å². The number of imide groups is 1. The lowest BCUT2D eigenvalue weighted by atomic mass is 10.0. The molecule has 2 rings (SSSR count). The number of anilines is 1. The van der Waals surface area contributed by atoms with Gasteiger partial charge in [-0.25, -0.2) is 0 Å². The van der Waals surface area contributed by atoms with E-state index in [0.717, 1.165) is 12.8 Å². The second-order valence-corrected chi connectivity index (χ2v) is 10.1. The zero-order chi connectivity index (χ0) is 28.6. The van der Waals surface area contributed by atoms with Crippen LogP contribution < -0.4 is 10.6 Å². The molecule has 0 aromatic heterocycles. The number of nitrogens with zero attached hydrogens (tertiary/aromatic N) is 1. The van der Waals surface area contributed by atoms with Crippen molar-refractivity contribution < 1.29 is 34.1 Å². The summed E-state index contributed by atoms with van der Waals surface area (Å²) in [5.41, 5.74) is 0.196. The molecule has 0 spiro atoms. The van der Waals surface area contributed by atoms with Crippen LogP contribution in [0.2, 0.25) is 0 Å². The summed E-state index contributed by atoms with van der Waals surface area (Å²) in [5.74, 6) is 0.0719. The van der Waals surface area contributed by atoms with Crippen molar-refractivity contribution in [2.45, 2.75) is 71.8 Å². The summed E-state index contributed by atoms with van der Waals surface area (Å²) in [6.07, 6.45) is 6.42. The maximum absolute atomic E-state index is 12.0. The molecule has 212 valence electrons. The lowest BCUT2D eigenvalue weighted by Crippen LogP contribution is -2.31. The fourth-order valence-corrected chi connectivity index (χ4v) is 3.43. The molecule has 0 aliphatic carbocycles. The Morgan fingerprint density at radius 3 is 2.21 bits per heavy atom. The first kappa shape index (κ1) is 32.8. The van der Waals surface area contributed by atoms with E-state index in [1.807, 2.05) is 13.8 Å². The topological polar surface area (TPSA) is 145 Å². The molecule has 1 aliphatic rings. The molecule has 10 heteroatoms. The Hall–Kier alpha value is -3.24. The Kier molecular flexibility index (Phi) is 14.9. The molecule has 0 bridgehead atoms. The van der Waals surface area contributed by atoms with Crippen LogP contribution in [0.4, 0.5) is 5.69 Å². The highest BCUT2D eigenvalue weighted by Gasteiger charge is 2.23. The molecular weight excluding hydrogens is 490 g/mol. The number of nitrogens with one attached hydrogen (secondary N) is 2. The van der Waals surface area contributed by atoms with Gasteiger partial charge in [0.25, 0.3) is 11.8 Å². The summed E-state index contributed by atoms with van der Waals surface area (Å²) in [4.78, 5) is 46.7. The molecule has 1 aromatic carbocycles. The third kappa shape index (κ3) is 14.5. The van der Waals surface area contributed by atoms with Gasteiger partial charge >= 0.3 is 0 Å². The molecule has 1 aliphatic heterocycles. The molecule has 0 unspecified atom stereocenters. The van der Waals surface area contributed by atoms with Gasteiger partial charge in [0.05, 0.1) is 18.6 Å². The van der Waals surface area contributed by atoms with Gasteiger partial charge in [0, 0.05) is 44.0 Å². The molecular formula is C28H43N3O7. The largest absolute Gasteiger partial charge is 0.508 e. The maximum Gasteiger partial charge on any atom is 0.253 e. The molecule has 0 radical (unpaired) electrons. The van der Waals surface area contributed by atoms with Crippen molar-refractivity contribution in [1.29, 1.82) is 0 Å². The van der Waals surface area contributed by atoms with Crippen molar-refractivity contribution in [2.75, 3.05) is 31.6 Å². The number of aromatic hydroxyl groups is 1. The lowest BCUT2D eigenvalue weighted by Gasteiger charge is -2.25. The zero-order valence-corrected chi connectivity index (χ0v) is 23.0. The molecule has 1 heterocycles. The lowest BCUT2D eigenvalue weighted by molar-refractivity contribution is -0.137. The molecule has 38 heavy (non-hydrogen) atoms. The highest BCUT2D eigenvalue weighted by Crippen LogP contribution is 2.19. The summed E-state index contributed by atoms with van der Waals surface area (Å²) in [6, 6.07) is 6.42. The molecule has 10 nitrogen and oxygen atoms in total. The van der Waals surface area contributed by atoms with Gasteiger partial charge in [-0.3, -0.25) is 24.1 Å². The van der Waals surface area contributed by atoms with Gasteiger partial charge < -0.3 is 25.6 Å². The van der Waals surface area contributed by atoms with Crippen LogP contribution in [0, 0.1) is 5.92 Å². The van der Waals surface area contributed by atoms with Crippen molar-refractivity contribution in [3.63, 3.8) is 0 Å². The number of aliphatic hydroxyl groups excluding tert-OH is 1. The number of carbonyl (C=O) groups excluding carboxylic acids is 4. The predicted molar refractivity (Wildman–Crippen MR) is 145 cm³/mol. The molecule has 0 atom stereocenters. The van der Waals surface area contributed by atoms with E-state index in [0.29, 0.717) is 50.4 Å². The molecule has 0 saturated carbocycles. The van der Waals surface area contributed by atoms with Crippen LogP contribution >= 0.6 is 0 Å². The zero-order valence-electron chi connectivity index (χ0n) is 23.0. The van der Waals surface area contributed by atoms with E-state index < -0.39 is 5.60 Å². The first-order valence-corrected chi connectivity index (χ1v) is 13.1. The summed E-state index contributed by atoms with van der Waals surface area (Å²) < 4.78 is 5.77. The van der Waals surface area contributed by atoms with Crippen molar-refractivity contribution in [1.82, 2.24) is 10.2 Å². The molecule has 4 amide bonds. The Balaban J connectivity index is 0.000000382. The number of hydrogen-bond acceptors (Lipinski definition) is 7. The maximum atomic E-state index is 12.0. The minimum absolute atomic E-state index is 0.0576. The van der Waals surface area contributed by atoms with E-state index >= 15 is 0 Å². The Labute approximate surface area is 225 Å². The molecule has 0 fully saturated rings. The predicted octanol–water partition coefficient (Wildman–Crippen LogP) is 3.14. The third-order valence-electron chi connectivity index (χ3n) is 5.55. The third-order valence-corrected chi connectivity index (χ3v) is 5.55. The minimum Gasteiger partial charge on any atom is -0.508 e. The summed E-state index contributed by atoms with van der Waals surface area (Å²) in [7, 11) is 0. The standard InChI is InChI=1S/C16H25NO3.C12H18N2O4/c1-12(2)9-10-20-16(3,4)11-15(19)17-13-5-7-14(18)8-6-13;15-9-7-13-10(16)4-2-1-3-8-14-11(17)5-6-12(14)18/h5-8,12,18H,9-11H2,1-4H3,(H,17,19);5-6,15H,1-4,7-9H2,(H,13,16). The average Bonchev–Trinajstić information content (AvgIpc) is 3.15. The van der Waals surface area contributed by atoms with Gasteiger partial charge in [-0.15, -0.1) is 0 Å². The van der Waals surface area contributed by atoms with Gasteiger partial charge in [0.2, 0.25) is 11.8 Å². The number of unbranched alkanes of at least 4 members (excludes halogenated alkanes) is 2. The van der Waals surface area contributed by atoms with Crippen LogP contribution in [-0.4, -0.2) is 70.6 Å². The SMILES string of the molecule is CC(C)CCOC(C)(C)CC(=O)Nc1ccc(O)cc1.O=C(CCCCCN1C(=O)C=CC1=O)NCCO. The van der Waals surface area contributed by atoms with Crippen LogP contribution in [0.3, 0.4) is 0 Å². The highest BCUT2D eigenvalue weighted by molar-refractivity contribution is 6.12. The fourth-order valence-electron chi connectivity index (χ4n) is 3.43. The number of ether oxygens (including phenoxy) is 1. The Morgan fingerprint density at radius 2 is 1.63 bits per heavy atom. The van der Waals surface area contributed by atoms with Gasteiger partial charge in [0.15, 0.2) is 0 Å². The highest BCUT2D eigenvalue weighted by atomic mass is 16.5. The van der Waals surface area contributed by atoms with Crippen LogP contribution in [-0.2, 0) is 23.9 Å². The first-order chi connectivity index (χ1) is 17.9. The van der Waals surface area contributed by atoms with Crippen molar-refractivity contribution in [3.05, 3.63) is 36.4 Å². The number of phenols is 1. The van der Waals surface area contributed by atoms with Crippen LogP contribution in [0.5, 0.6) is 5.75 Å². The first-order valence-electron chi connectivity index (χ1n) is 13.1. The van der Waals surface area contributed by atoms with E-state index in [1.54, 1.807) is 24.3 Å².